The van der Waals surface area contributed by atoms with Crippen LogP contribution in [0, 0.1) is 0 Å². The first-order valence-corrected chi connectivity index (χ1v) is 5.13. The van der Waals surface area contributed by atoms with Crippen LogP contribution in [0.1, 0.15) is 40.5 Å². The highest BCUT2D eigenvalue weighted by molar-refractivity contribution is 5.93. The third kappa shape index (κ3) is 7.57. The van der Waals surface area contributed by atoms with E-state index in [9.17, 15) is 0 Å². The number of aliphatic imine (C=N–C) groups is 1. The maximum atomic E-state index is 4.39. The Kier molecular flexibility index (Phi) is 7.36. The van der Waals surface area contributed by atoms with Crippen LogP contribution in [0.4, 0.5) is 0 Å². The lowest BCUT2D eigenvalue weighted by Crippen LogP contribution is -2.12. The van der Waals surface area contributed by atoms with Crippen LogP contribution in [0.5, 0.6) is 0 Å². The summed E-state index contributed by atoms with van der Waals surface area (Å²) >= 11 is 0. The molecular weight excluding hydrogens is 160 g/mol. The van der Waals surface area contributed by atoms with Gasteiger partial charge in [0.1, 0.15) is 0 Å². The van der Waals surface area contributed by atoms with E-state index < -0.39 is 0 Å². The summed E-state index contributed by atoms with van der Waals surface area (Å²) in [4.78, 5) is 4.39. The van der Waals surface area contributed by atoms with E-state index in [1.165, 1.54) is 5.70 Å². The molecule has 1 N–H and O–H groups in total. The monoisotopic (exact) mass is 182 g/mol. The molecule has 0 amide bonds. The van der Waals surface area contributed by atoms with Crippen LogP contribution < -0.4 is 5.32 Å². The predicted molar refractivity (Wildman–Crippen MR) is 60.3 cm³/mol. The molecule has 0 aromatic rings. The topological polar surface area (TPSA) is 24.4 Å². The first-order valence-electron chi connectivity index (χ1n) is 5.13. The van der Waals surface area contributed by atoms with Crippen molar-refractivity contribution in [2.24, 2.45) is 4.99 Å². The lowest BCUT2D eigenvalue weighted by atomic mass is 10.3. The Balaban J connectivity index is 3.89. The highest BCUT2D eigenvalue weighted by Crippen LogP contribution is 1.91. The molecule has 0 saturated carbocycles. The normalized spacial score (nSPS) is 13.2. The van der Waals surface area contributed by atoms with Crippen LogP contribution in [0.3, 0.4) is 0 Å². The molecule has 0 aromatic heterocycles. The fourth-order valence-electron chi connectivity index (χ4n) is 1.02. The van der Waals surface area contributed by atoms with E-state index in [0.717, 1.165) is 31.6 Å². The molecule has 0 aliphatic heterocycles. The lowest BCUT2D eigenvalue weighted by molar-refractivity contribution is 0.770. The van der Waals surface area contributed by atoms with E-state index in [-0.39, 0.29) is 0 Å². The molecule has 2 heteroatoms. The first kappa shape index (κ1) is 12.2. The Hall–Kier alpha value is -0.790. The molecule has 0 bridgehead atoms. The van der Waals surface area contributed by atoms with Gasteiger partial charge in [0.15, 0.2) is 0 Å². The smallest absolute Gasteiger partial charge is 0.0389 e. The number of nitrogens with one attached hydrogen (secondary N) is 1. The summed E-state index contributed by atoms with van der Waals surface area (Å²) in [6.07, 6.45) is 4.38. The molecule has 0 rings (SSSR count). The van der Waals surface area contributed by atoms with E-state index in [2.05, 4.69) is 37.2 Å². The summed E-state index contributed by atoms with van der Waals surface area (Å²) in [5.41, 5.74) is 2.32. The van der Waals surface area contributed by atoms with Gasteiger partial charge in [-0.05, 0) is 32.8 Å². The number of hydrogen-bond donors (Lipinski definition) is 1. The molecule has 0 spiro atoms. The molecule has 0 unspecified atom stereocenters. The Morgan fingerprint density at radius 2 is 1.92 bits per heavy atom. The third-order valence-electron chi connectivity index (χ3n) is 1.66. The van der Waals surface area contributed by atoms with Gasteiger partial charge in [0.2, 0.25) is 0 Å². The summed E-state index contributed by atoms with van der Waals surface area (Å²) in [7, 11) is 0. The minimum atomic E-state index is 0.934. The van der Waals surface area contributed by atoms with Crippen molar-refractivity contribution < 1.29 is 0 Å². The number of nitrogens with zero attached hydrogens (tertiary/aromatic N) is 1. The maximum Gasteiger partial charge on any atom is 0.0389 e. The van der Waals surface area contributed by atoms with Crippen LogP contribution >= 0.6 is 0 Å². The zero-order valence-corrected chi connectivity index (χ0v) is 9.35. The summed E-state index contributed by atoms with van der Waals surface area (Å²) in [6.45, 7) is 10.4. The van der Waals surface area contributed by atoms with E-state index in [1.54, 1.807) is 0 Å². The predicted octanol–water partition coefficient (Wildman–Crippen LogP) is 2.76. The molecule has 0 aliphatic rings. The van der Waals surface area contributed by atoms with Crippen LogP contribution in [-0.2, 0) is 0 Å². The van der Waals surface area contributed by atoms with Crippen LogP contribution in [0.2, 0.25) is 0 Å². The van der Waals surface area contributed by atoms with E-state index in [1.807, 2.05) is 6.92 Å². The Morgan fingerprint density at radius 1 is 1.23 bits per heavy atom. The SMILES string of the molecule is CCCN=C(C)C=C(C)NCCC. The maximum absolute atomic E-state index is 4.39. The van der Waals surface area contributed by atoms with Crippen molar-refractivity contribution in [3.05, 3.63) is 11.8 Å². The van der Waals surface area contributed by atoms with E-state index >= 15 is 0 Å². The zero-order valence-electron chi connectivity index (χ0n) is 9.35. The van der Waals surface area contributed by atoms with Gasteiger partial charge in [-0.3, -0.25) is 4.99 Å². The molecule has 0 saturated heterocycles. The number of allylic oxidation sites excluding steroid dienone is 2. The van der Waals surface area contributed by atoms with Gasteiger partial charge in [-0.15, -0.1) is 0 Å². The van der Waals surface area contributed by atoms with Crippen molar-refractivity contribution >= 4 is 5.71 Å². The zero-order chi connectivity index (χ0) is 10.1. The summed E-state index contributed by atoms with van der Waals surface area (Å²) < 4.78 is 0. The van der Waals surface area contributed by atoms with Gasteiger partial charge >= 0.3 is 0 Å². The quantitative estimate of drug-likeness (QED) is 0.628. The first-order chi connectivity index (χ1) is 6.20. The van der Waals surface area contributed by atoms with Crippen molar-refractivity contribution in [3.8, 4) is 0 Å². The molecule has 13 heavy (non-hydrogen) atoms. The van der Waals surface area contributed by atoms with Gasteiger partial charge < -0.3 is 5.32 Å². The van der Waals surface area contributed by atoms with Crippen molar-refractivity contribution in [2.75, 3.05) is 13.1 Å². The average molecular weight is 182 g/mol. The van der Waals surface area contributed by atoms with Gasteiger partial charge in [-0.1, -0.05) is 13.8 Å². The molecule has 0 aliphatic carbocycles. The van der Waals surface area contributed by atoms with E-state index in [0.29, 0.717) is 0 Å². The second-order valence-corrected chi connectivity index (χ2v) is 3.28. The highest BCUT2D eigenvalue weighted by atomic mass is 14.9. The largest absolute Gasteiger partial charge is 0.389 e. The third-order valence-corrected chi connectivity index (χ3v) is 1.66. The molecule has 2 nitrogen and oxygen atoms in total. The van der Waals surface area contributed by atoms with Crippen molar-refractivity contribution in [2.45, 2.75) is 40.5 Å². The van der Waals surface area contributed by atoms with E-state index in [4.69, 9.17) is 0 Å². The number of rotatable bonds is 6. The molecule has 0 atom stereocenters. The number of hydrogen-bond acceptors (Lipinski definition) is 2. The van der Waals surface area contributed by atoms with Crippen LogP contribution in [-0.4, -0.2) is 18.8 Å². The standard InChI is InChI=1S/C11H22N2/c1-5-7-12-10(3)9-11(4)13-8-6-2/h9,12H,5-8H2,1-4H3. The Morgan fingerprint density at radius 3 is 2.46 bits per heavy atom. The van der Waals surface area contributed by atoms with Crippen molar-refractivity contribution in [1.82, 2.24) is 5.32 Å². The summed E-state index contributed by atoms with van der Waals surface area (Å²) in [5.74, 6) is 0. The fourth-order valence-corrected chi connectivity index (χ4v) is 1.02. The van der Waals surface area contributed by atoms with Crippen LogP contribution in [0.15, 0.2) is 16.8 Å². The summed E-state index contributed by atoms with van der Waals surface area (Å²) in [5, 5.41) is 3.32. The van der Waals surface area contributed by atoms with Gasteiger partial charge in [0, 0.05) is 24.5 Å². The fraction of sp³-hybridized carbons (Fsp3) is 0.727. The lowest BCUT2D eigenvalue weighted by Gasteiger charge is -2.03. The average Bonchev–Trinajstić information content (AvgIpc) is 2.11. The van der Waals surface area contributed by atoms with Crippen molar-refractivity contribution in [3.63, 3.8) is 0 Å². The van der Waals surface area contributed by atoms with Crippen molar-refractivity contribution in [1.29, 1.82) is 0 Å². The minimum absolute atomic E-state index is 0.934. The Bertz CT molecular complexity index is 181. The molecule has 0 heterocycles. The van der Waals surface area contributed by atoms with Gasteiger partial charge in [-0.25, -0.2) is 0 Å². The highest BCUT2D eigenvalue weighted by Gasteiger charge is 1.88. The molecule has 0 fully saturated rings. The van der Waals surface area contributed by atoms with Gasteiger partial charge in [-0.2, -0.15) is 0 Å². The molecule has 76 valence electrons. The molecule has 0 aromatic carbocycles. The van der Waals surface area contributed by atoms with Crippen LogP contribution in [0.25, 0.3) is 0 Å². The second-order valence-electron chi connectivity index (χ2n) is 3.28. The summed E-state index contributed by atoms with van der Waals surface area (Å²) in [6, 6.07) is 0. The minimum Gasteiger partial charge on any atom is -0.389 e. The van der Waals surface area contributed by atoms with Gasteiger partial charge in [0.25, 0.3) is 0 Å². The molecular formula is C11H22N2. The molecule has 0 radical (unpaired) electrons. The second kappa shape index (κ2) is 7.84. The van der Waals surface area contributed by atoms with Gasteiger partial charge in [0.05, 0.1) is 0 Å². The Labute approximate surface area is 82.1 Å².